The van der Waals surface area contributed by atoms with Crippen LogP contribution in [0.15, 0.2) is 36.4 Å². The van der Waals surface area contributed by atoms with E-state index in [0.717, 1.165) is 5.56 Å². The van der Waals surface area contributed by atoms with Gasteiger partial charge < -0.3 is 5.32 Å². The second-order valence-corrected chi connectivity index (χ2v) is 4.47. The second-order valence-electron chi connectivity index (χ2n) is 4.08. The number of nitrogens with zero attached hydrogens (tertiary/aromatic N) is 2. The Morgan fingerprint density at radius 1 is 1.39 bits per heavy atom. The number of carbonyl (C=O) groups excluding carboxylic acids is 1. The van der Waals surface area contributed by atoms with Crippen LogP contribution < -0.4 is 5.32 Å². The van der Waals surface area contributed by atoms with Crippen molar-refractivity contribution in [1.29, 1.82) is 0 Å². The lowest BCUT2D eigenvalue weighted by molar-refractivity contribution is 0.0930. The van der Waals surface area contributed by atoms with Gasteiger partial charge in [-0.15, -0.1) is 0 Å². The molecule has 1 atom stereocenters. The van der Waals surface area contributed by atoms with Crippen LogP contribution in [0.25, 0.3) is 0 Å². The lowest BCUT2D eigenvalue weighted by Crippen LogP contribution is -2.28. The summed E-state index contributed by atoms with van der Waals surface area (Å²) in [5.74, 6) is -0.187. The summed E-state index contributed by atoms with van der Waals surface area (Å²) < 4.78 is 1.47. The highest BCUT2D eigenvalue weighted by atomic mass is 35.5. The van der Waals surface area contributed by atoms with Gasteiger partial charge in [-0.1, -0.05) is 41.9 Å². The van der Waals surface area contributed by atoms with Gasteiger partial charge in [0.15, 0.2) is 5.15 Å². The van der Waals surface area contributed by atoms with Crippen LogP contribution in [0.2, 0.25) is 5.15 Å². The maximum Gasteiger partial charge on any atom is 0.270 e. The smallest absolute Gasteiger partial charge is 0.270 e. The first kappa shape index (κ1) is 12.6. The minimum atomic E-state index is -0.187. The summed E-state index contributed by atoms with van der Waals surface area (Å²) in [6, 6.07) is 11.3. The molecule has 0 saturated heterocycles. The molecule has 0 aliphatic carbocycles. The van der Waals surface area contributed by atoms with Gasteiger partial charge in [0.1, 0.15) is 5.69 Å². The number of hydrogen-bond acceptors (Lipinski definition) is 2. The standard InChI is InChI=1S/C13H14ClN3O/c1-9(10-6-4-3-5-7-10)15-13(18)11-8-12(14)16-17(11)2/h3-9H,1-2H3,(H,15,18). The van der Waals surface area contributed by atoms with E-state index in [1.165, 1.54) is 4.68 Å². The molecule has 0 saturated carbocycles. The zero-order chi connectivity index (χ0) is 13.1. The second kappa shape index (κ2) is 5.23. The first-order valence-corrected chi connectivity index (χ1v) is 6.01. The van der Waals surface area contributed by atoms with E-state index in [1.807, 2.05) is 37.3 Å². The fourth-order valence-electron chi connectivity index (χ4n) is 1.74. The number of hydrogen-bond donors (Lipinski definition) is 1. The van der Waals surface area contributed by atoms with E-state index >= 15 is 0 Å². The Morgan fingerprint density at radius 3 is 2.61 bits per heavy atom. The molecular formula is C13H14ClN3O. The van der Waals surface area contributed by atoms with Crippen molar-refractivity contribution >= 4 is 17.5 Å². The van der Waals surface area contributed by atoms with Crippen molar-refractivity contribution in [2.45, 2.75) is 13.0 Å². The zero-order valence-electron chi connectivity index (χ0n) is 10.2. The molecule has 2 aromatic rings. The van der Waals surface area contributed by atoms with E-state index in [1.54, 1.807) is 13.1 Å². The summed E-state index contributed by atoms with van der Waals surface area (Å²) in [4.78, 5) is 12.0. The summed E-state index contributed by atoms with van der Waals surface area (Å²) >= 11 is 5.75. The van der Waals surface area contributed by atoms with Crippen molar-refractivity contribution in [3.8, 4) is 0 Å². The molecule has 94 valence electrons. The van der Waals surface area contributed by atoms with Crippen LogP contribution >= 0.6 is 11.6 Å². The number of aromatic nitrogens is 2. The van der Waals surface area contributed by atoms with Crippen molar-refractivity contribution in [3.05, 3.63) is 52.8 Å². The van der Waals surface area contributed by atoms with E-state index in [2.05, 4.69) is 10.4 Å². The number of benzene rings is 1. The molecule has 1 N–H and O–H groups in total. The Morgan fingerprint density at radius 2 is 2.06 bits per heavy atom. The van der Waals surface area contributed by atoms with Crippen LogP contribution in [0.4, 0.5) is 0 Å². The number of rotatable bonds is 3. The predicted molar refractivity (Wildman–Crippen MR) is 70.5 cm³/mol. The van der Waals surface area contributed by atoms with Gasteiger partial charge in [-0.3, -0.25) is 9.48 Å². The summed E-state index contributed by atoms with van der Waals surface area (Å²) in [5.41, 5.74) is 1.50. The Labute approximate surface area is 111 Å². The van der Waals surface area contributed by atoms with Gasteiger partial charge in [0.25, 0.3) is 5.91 Å². The minimum Gasteiger partial charge on any atom is -0.344 e. The largest absolute Gasteiger partial charge is 0.344 e. The van der Waals surface area contributed by atoms with Crippen molar-refractivity contribution in [1.82, 2.24) is 15.1 Å². The maximum absolute atomic E-state index is 12.0. The van der Waals surface area contributed by atoms with Gasteiger partial charge >= 0.3 is 0 Å². The third-order valence-corrected chi connectivity index (χ3v) is 2.91. The molecule has 1 heterocycles. The summed E-state index contributed by atoms with van der Waals surface area (Å²) in [6.07, 6.45) is 0. The Bertz CT molecular complexity index is 551. The van der Waals surface area contributed by atoms with Gasteiger partial charge in [-0.2, -0.15) is 5.10 Å². The van der Waals surface area contributed by atoms with E-state index < -0.39 is 0 Å². The molecule has 0 radical (unpaired) electrons. The lowest BCUT2D eigenvalue weighted by atomic mass is 10.1. The normalized spacial score (nSPS) is 12.2. The average molecular weight is 264 g/mol. The van der Waals surface area contributed by atoms with Crippen molar-refractivity contribution < 1.29 is 4.79 Å². The maximum atomic E-state index is 12.0. The van der Waals surface area contributed by atoms with Crippen molar-refractivity contribution in [3.63, 3.8) is 0 Å². The van der Waals surface area contributed by atoms with Crippen LogP contribution in [0, 0.1) is 0 Å². The predicted octanol–water partition coefficient (Wildman–Crippen LogP) is 2.56. The highest BCUT2D eigenvalue weighted by Gasteiger charge is 2.15. The molecule has 0 spiro atoms. The molecular weight excluding hydrogens is 250 g/mol. The Balaban J connectivity index is 2.10. The number of halogens is 1. The molecule has 0 aliphatic heterocycles. The first-order valence-electron chi connectivity index (χ1n) is 5.63. The van der Waals surface area contributed by atoms with E-state index in [9.17, 15) is 4.79 Å². The van der Waals surface area contributed by atoms with E-state index in [-0.39, 0.29) is 11.9 Å². The van der Waals surface area contributed by atoms with Crippen LogP contribution in [0.1, 0.15) is 29.0 Å². The van der Waals surface area contributed by atoms with Crippen molar-refractivity contribution in [2.75, 3.05) is 0 Å². The third kappa shape index (κ3) is 2.71. The topological polar surface area (TPSA) is 46.9 Å². The van der Waals surface area contributed by atoms with Gasteiger partial charge in [-0.25, -0.2) is 0 Å². The van der Waals surface area contributed by atoms with Crippen molar-refractivity contribution in [2.24, 2.45) is 7.05 Å². The number of nitrogens with one attached hydrogen (secondary N) is 1. The highest BCUT2D eigenvalue weighted by molar-refractivity contribution is 6.29. The lowest BCUT2D eigenvalue weighted by Gasteiger charge is -2.14. The van der Waals surface area contributed by atoms with Gasteiger partial charge in [0.05, 0.1) is 6.04 Å². The monoisotopic (exact) mass is 263 g/mol. The first-order chi connectivity index (χ1) is 8.58. The van der Waals surface area contributed by atoms with E-state index in [4.69, 9.17) is 11.6 Å². The summed E-state index contributed by atoms with van der Waals surface area (Å²) in [7, 11) is 1.69. The van der Waals surface area contributed by atoms with E-state index in [0.29, 0.717) is 10.8 Å². The summed E-state index contributed by atoms with van der Waals surface area (Å²) in [5, 5.41) is 7.16. The van der Waals surface area contributed by atoms with Crippen LogP contribution in [-0.2, 0) is 7.05 Å². The molecule has 1 unspecified atom stereocenters. The average Bonchev–Trinajstić information content (AvgIpc) is 2.69. The fourth-order valence-corrected chi connectivity index (χ4v) is 1.96. The Kier molecular flexibility index (Phi) is 3.67. The SMILES string of the molecule is CC(NC(=O)c1cc(Cl)nn1C)c1ccccc1. The fraction of sp³-hybridized carbons (Fsp3) is 0.231. The highest BCUT2D eigenvalue weighted by Crippen LogP contribution is 2.13. The quantitative estimate of drug-likeness (QED) is 0.925. The molecule has 1 amide bonds. The minimum absolute atomic E-state index is 0.0626. The van der Waals surface area contributed by atoms with Crippen LogP contribution in [0.5, 0.6) is 0 Å². The third-order valence-electron chi connectivity index (χ3n) is 2.73. The van der Waals surface area contributed by atoms with Gasteiger partial charge in [0.2, 0.25) is 0 Å². The molecule has 5 heteroatoms. The number of aryl methyl sites for hydroxylation is 1. The van der Waals surface area contributed by atoms with Crippen LogP contribution in [0.3, 0.4) is 0 Å². The summed E-state index contributed by atoms with van der Waals surface area (Å²) in [6.45, 7) is 1.94. The molecule has 4 nitrogen and oxygen atoms in total. The van der Waals surface area contributed by atoms with Crippen LogP contribution in [-0.4, -0.2) is 15.7 Å². The molecule has 0 aliphatic rings. The molecule has 0 fully saturated rings. The Hall–Kier alpha value is -1.81. The molecule has 0 bridgehead atoms. The number of amides is 1. The van der Waals surface area contributed by atoms with Gasteiger partial charge in [-0.05, 0) is 12.5 Å². The number of carbonyl (C=O) groups is 1. The molecule has 18 heavy (non-hydrogen) atoms. The molecule has 2 rings (SSSR count). The van der Waals surface area contributed by atoms with Gasteiger partial charge in [0, 0.05) is 13.1 Å². The molecule has 1 aromatic heterocycles. The zero-order valence-corrected chi connectivity index (χ0v) is 11.0. The molecule has 1 aromatic carbocycles.